The highest BCUT2D eigenvalue weighted by atomic mass is 19.1. The van der Waals surface area contributed by atoms with Crippen molar-refractivity contribution < 1.29 is 4.39 Å². The predicted molar refractivity (Wildman–Crippen MR) is 130 cm³/mol. The van der Waals surface area contributed by atoms with Crippen LogP contribution in [0.3, 0.4) is 0 Å². The molecule has 2 heterocycles. The van der Waals surface area contributed by atoms with E-state index in [1.807, 2.05) is 73.0 Å². The van der Waals surface area contributed by atoms with E-state index in [9.17, 15) is 9.18 Å². The highest BCUT2D eigenvalue weighted by Gasteiger charge is 2.13. The van der Waals surface area contributed by atoms with Crippen LogP contribution in [0, 0.1) is 19.7 Å². The SMILES string of the molecule is Cc1cc(C=Nn2c(-c3ccccc3)nc3ccccc3c2=O)c(C)n1-c1ccc(F)cc1. The largest absolute Gasteiger partial charge is 0.318 e. The highest BCUT2D eigenvalue weighted by Crippen LogP contribution is 2.21. The first kappa shape index (κ1) is 20.6. The fraction of sp³-hybridized carbons (Fsp3) is 0.0741. The van der Waals surface area contributed by atoms with Gasteiger partial charge in [-0.25, -0.2) is 9.37 Å². The van der Waals surface area contributed by atoms with Crippen LogP contribution in [0.4, 0.5) is 4.39 Å². The number of halogens is 1. The van der Waals surface area contributed by atoms with E-state index in [4.69, 9.17) is 4.98 Å². The lowest BCUT2D eigenvalue weighted by Crippen LogP contribution is -2.20. The van der Waals surface area contributed by atoms with Crippen LogP contribution in [0.2, 0.25) is 0 Å². The van der Waals surface area contributed by atoms with E-state index in [0.717, 1.165) is 28.2 Å². The Hall–Kier alpha value is -4.32. The van der Waals surface area contributed by atoms with E-state index >= 15 is 0 Å². The van der Waals surface area contributed by atoms with Crippen molar-refractivity contribution in [1.29, 1.82) is 0 Å². The molecular weight excluding hydrogens is 415 g/mol. The van der Waals surface area contributed by atoms with Gasteiger partial charge in [0.25, 0.3) is 5.56 Å². The van der Waals surface area contributed by atoms with Gasteiger partial charge in [0, 0.05) is 28.2 Å². The monoisotopic (exact) mass is 436 g/mol. The van der Waals surface area contributed by atoms with Gasteiger partial charge in [0.2, 0.25) is 0 Å². The van der Waals surface area contributed by atoms with Crippen LogP contribution in [0.25, 0.3) is 28.0 Å². The van der Waals surface area contributed by atoms with Gasteiger partial charge in [-0.2, -0.15) is 9.78 Å². The Bertz CT molecular complexity index is 1550. The summed E-state index contributed by atoms with van der Waals surface area (Å²) in [7, 11) is 0. The molecule has 3 aromatic carbocycles. The molecule has 0 spiro atoms. The molecule has 0 amide bonds. The molecule has 5 aromatic rings. The number of benzene rings is 3. The minimum absolute atomic E-state index is 0.233. The van der Waals surface area contributed by atoms with Crippen molar-refractivity contribution in [2.24, 2.45) is 5.10 Å². The molecule has 0 saturated heterocycles. The molecule has 0 unspecified atom stereocenters. The number of aromatic nitrogens is 3. The lowest BCUT2D eigenvalue weighted by atomic mass is 10.2. The summed E-state index contributed by atoms with van der Waals surface area (Å²) in [6, 6.07) is 25.1. The van der Waals surface area contributed by atoms with Gasteiger partial charge in [0.05, 0.1) is 17.1 Å². The molecule has 6 heteroatoms. The standard InChI is InChI=1S/C27H21FN4O/c1-18-16-21(19(2)31(18)23-14-12-22(28)13-15-23)17-29-32-26(20-8-4-3-5-9-20)30-25-11-7-6-10-24(25)27(32)33/h3-17H,1-2H3. The second-order valence-corrected chi connectivity index (χ2v) is 7.82. The molecule has 0 atom stereocenters. The third-order valence-electron chi connectivity index (χ3n) is 5.65. The lowest BCUT2D eigenvalue weighted by Gasteiger charge is -2.10. The summed E-state index contributed by atoms with van der Waals surface area (Å²) in [6.07, 6.45) is 1.67. The number of para-hydroxylation sites is 1. The van der Waals surface area contributed by atoms with Gasteiger partial charge < -0.3 is 4.57 Å². The van der Waals surface area contributed by atoms with Crippen LogP contribution in [0.5, 0.6) is 0 Å². The van der Waals surface area contributed by atoms with Crippen LogP contribution in [-0.4, -0.2) is 20.4 Å². The Balaban J connectivity index is 1.65. The van der Waals surface area contributed by atoms with Crippen molar-refractivity contribution in [2.75, 3.05) is 0 Å². The van der Waals surface area contributed by atoms with Gasteiger partial charge in [-0.05, 0) is 56.3 Å². The van der Waals surface area contributed by atoms with Gasteiger partial charge >= 0.3 is 0 Å². The van der Waals surface area contributed by atoms with Crippen molar-refractivity contribution >= 4 is 17.1 Å². The normalized spacial score (nSPS) is 11.5. The first-order valence-electron chi connectivity index (χ1n) is 10.6. The Labute approximate surface area is 190 Å². The fourth-order valence-electron chi connectivity index (χ4n) is 4.03. The van der Waals surface area contributed by atoms with E-state index in [-0.39, 0.29) is 11.4 Å². The Morgan fingerprint density at radius 1 is 0.909 bits per heavy atom. The first-order valence-corrected chi connectivity index (χ1v) is 10.6. The van der Waals surface area contributed by atoms with Gasteiger partial charge in [0.1, 0.15) is 5.82 Å². The highest BCUT2D eigenvalue weighted by molar-refractivity contribution is 5.83. The number of hydrogen-bond acceptors (Lipinski definition) is 3. The average molecular weight is 436 g/mol. The molecule has 0 aliphatic rings. The van der Waals surface area contributed by atoms with Crippen LogP contribution < -0.4 is 5.56 Å². The summed E-state index contributed by atoms with van der Waals surface area (Å²) < 4.78 is 16.8. The summed E-state index contributed by atoms with van der Waals surface area (Å²) in [5.41, 5.74) is 4.83. The summed E-state index contributed by atoms with van der Waals surface area (Å²) in [5, 5.41) is 5.07. The van der Waals surface area contributed by atoms with Crippen LogP contribution in [-0.2, 0) is 0 Å². The van der Waals surface area contributed by atoms with Gasteiger partial charge in [-0.1, -0.05) is 42.5 Å². The molecule has 0 saturated carbocycles. The Kier molecular flexibility index (Phi) is 5.18. The molecule has 5 nitrogen and oxygen atoms in total. The maximum atomic E-state index is 13.4. The summed E-state index contributed by atoms with van der Waals surface area (Å²) in [6.45, 7) is 3.95. The molecule has 0 radical (unpaired) electrons. The number of aryl methyl sites for hydroxylation is 1. The van der Waals surface area contributed by atoms with Crippen LogP contribution >= 0.6 is 0 Å². The topological polar surface area (TPSA) is 52.2 Å². The summed E-state index contributed by atoms with van der Waals surface area (Å²) in [4.78, 5) is 18.1. The van der Waals surface area contributed by atoms with Crippen molar-refractivity contribution in [3.63, 3.8) is 0 Å². The van der Waals surface area contributed by atoms with E-state index in [0.29, 0.717) is 16.7 Å². The molecule has 0 bridgehead atoms. The van der Waals surface area contributed by atoms with Gasteiger partial charge in [-0.15, -0.1) is 0 Å². The minimum Gasteiger partial charge on any atom is -0.318 e. The zero-order chi connectivity index (χ0) is 22.9. The molecule has 0 aliphatic carbocycles. The Morgan fingerprint density at radius 2 is 1.61 bits per heavy atom. The van der Waals surface area contributed by atoms with Crippen LogP contribution in [0.15, 0.2) is 94.8 Å². The van der Waals surface area contributed by atoms with E-state index < -0.39 is 0 Å². The second-order valence-electron chi connectivity index (χ2n) is 7.82. The molecule has 33 heavy (non-hydrogen) atoms. The van der Waals surface area contributed by atoms with Crippen molar-refractivity contribution in [3.05, 3.63) is 118 Å². The van der Waals surface area contributed by atoms with E-state index in [2.05, 4.69) is 5.10 Å². The molecule has 0 N–H and O–H groups in total. The molecule has 5 rings (SSSR count). The van der Waals surface area contributed by atoms with Crippen molar-refractivity contribution in [3.8, 4) is 17.1 Å². The Morgan fingerprint density at radius 3 is 2.36 bits per heavy atom. The average Bonchev–Trinajstić information content (AvgIpc) is 3.12. The summed E-state index contributed by atoms with van der Waals surface area (Å²) in [5.74, 6) is 0.197. The second kappa shape index (κ2) is 8.31. The molecular formula is C27H21FN4O. The van der Waals surface area contributed by atoms with Crippen molar-refractivity contribution in [1.82, 2.24) is 14.2 Å². The minimum atomic E-state index is -0.278. The number of hydrogen-bond donors (Lipinski definition) is 0. The lowest BCUT2D eigenvalue weighted by molar-refractivity contribution is 0.627. The summed E-state index contributed by atoms with van der Waals surface area (Å²) >= 11 is 0. The third-order valence-corrected chi connectivity index (χ3v) is 5.65. The number of nitrogens with zero attached hydrogens (tertiary/aromatic N) is 4. The number of fused-ring (bicyclic) bond motifs is 1. The van der Waals surface area contributed by atoms with E-state index in [1.165, 1.54) is 16.8 Å². The predicted octanol–water partition coefficient (Wildman–Crippen LogP) is 5.49. The number of rotatable bonds is 4. The van der Waals surface area contributed by atoms with Crippen molar-refractivity contribution in [2.45, 2.75) is 13.8 Å². The van der Waals surface area contributed by atoms with E-state index in [1.54, 1.807) is 24.4 Å². The third kappa shape index (κ3) is 3.76. The molecule has 0 aliphatic heterocycles. The maximum Gasteiger partial charge on any atom is 0.282 e. The smallest absolute Gasteiger partial charge is 0.282 e. The fourth-order valence-corrected chi connectivity index (χ4v) is 4.03. The first-order chi connectivity index (χ1) is 16.0. The zero-order valence-corrected chi connectivity index (χ0v) is 18.2. The van der Waals surface area contributed by atoms with Gasteiger partial charge in [-0.3, -0.25) is 4.79 Å². The molecule has 162 valence electrons. The quantitative estimate of drug-likeness (QED) is 0.350. The zero-order valence-electron chi connectivity index (χ0n) is 18.2. The molecule has 0 fully saturated rings. The van der Waals surface area contributed by atoms with Gasteiger partial charge in [0.15, 0.2) is 5.82 Å². The molecule has 2 aromatic heterocycles. The maximum absolute atomic E-state index is 13.4. The van der Waals surface area contributed by atoms with Crippen LogP contribution in [0.1, 0.15) is 17.0 Å².